The molecule has 0 radical (unpaired) electrons. The third-order valence-electron chi connectivity index (χ3n) is 4.11. The van der Waals surface area contributed by atoms with E-state index >= 15 is 0 Å². The molecule has 0 heterocycles. The number of hydrogen-bond acceptors (Lipinski definition) is 7. The Kier molecular flexibility index (Phi) is 7.22. The highest BCUT2D eigenvalue weighted by Crippen LogP contribution is 2.25. The fourth-order valence-corrected chi connectivity index (χ4v) is 3.46. The topological polar surface area (TPSA) is 124 Å². The monoisotopic (exact) mass is 438 g/mol. The van der Waals surface area contributed by atoms with Crippen molar-refractivity contribution in [3.63, 3.8) is 0 Å². The molecule has 0 unspecified atom stereocenters. The first kappa shape index (κ1) is 22.9. The first-order valence-electron chi connectivity index (χ1n) is 8.70. The number of hydrogen-bond donors (Lipinski definition) is 0. The molecule has 160 valence electrons. The highest BCUT2D eigenvalue weighted by Gasteiger charge is 2.25. The maximum absolute atomic E-state index is 13.3. The maximum atomic E-state index is 13.3. The van der Waals surface area contributed by atoms with Crippen molar-refractivity contribution in [2.75, 3.05) is 19.4 Å². The molecule has 0 aliphatic carbocycles. The van der Waals surface area contributed by atoms with Gasteiger partial charge in [-0.2, -0.15) is 0 Å². The minimum absolute atomic E-state index is 0.110. The highest BCUT2D eigenvalue weighted by molar-refractivity contribution is 7.90. The van der Waals surface area contributed by atoms with Gasteiger partial charge in [-0.05, 0) is 36.8 Å². The van der Waals surface area contributed by atoms with E-state index in [1.807, 2.05) is 0 Å². The largest absolute Gasteiger partial charge is 0.452 e. The molecule has 0 spiro atoms. The Hall–Kier alpha value is -3.34. The fraction of sp³-hybridized carbons (Fsp3) is 0.263. The van der Waals surface area contributed by atoms with Crippen molar-refractivity contribution in [1.29, 1.82) is 0 Å². The van der Waals surface area contributed by atoms with E-state index in [0.717, 1.165) is 24.5 Å². The lowest BCUT2D eigenvalue weighted by molar-refractivity contribution is -0.387. The fourth-order valence-electron chi connectivity index (χ4n) is 2.63. The lowest BCUT2D eigenvalue weighted by Crippen LogP contribution is -2.34. The van der Waals surface area contributed by atoms with E-state index in [0.29, 0.717) is 5.56 Å². The molecule has 0 aliphatic heterocycles. The van der Waals surface area contributed by atoms with Crippen molar-refractivity contribution in [1.82, 2.24) is 4.90 Å². The predicted molar refractivity (Wildman–Crippen MR) is 104 cm³/mol. The van der Waals surface area contributed by atoms with Crippen molar-refractivity contribution in [3.8, 4) is 0 Å². The van der Waals surface area contributed by atoms with Gasteiger partial charge in [-0.3, -0.25) is 14.9 Å². The summed E-state index contributed by atoms with van der Waals surface area (Å²) in [5, 5.41) is 11.1. The molecule has 0 saturated carbocycles. The molecule has 1 amide bonds. The molecular formula is C19H19FN2O7S. The number of halogens is 1. The van der Waals surface area contributed by atoms with Crippen LogP contribution in [0.2, 0.25) is 0 Å². The van der Waals surface area contributed by atoms with E-state index < -0.39 is 49.6 Å². The van der Waals surface area contributed by atoms with Crippen LogP contribution in [-0.2, 0) is 25.9 Å². The summed E-state index contributed by atoms with van der Waals surface area (Å²) in [5.74, 6) is -2.01. The average molecular weight is 438 g/mol. The summed E-state index contributed by atoms with van der Waals surface area (Å²) in [7, 11) is -3.88. The molecule has 0 aliphatic rings. The third-order valence-corrected chi connectivity index (χ3v) is 5.26. The van der Waals surface area contributed by atoms with E-state index in [9.17, 15) is 32.5 Å². The van der Waals surface area contributed by atoms with Gasteiger partial charge in [0.2, 0.25) is 0 Å². The lowest BCUT2D eigenvalue weighted by Gasteiger charge is -2.21. The number of nitro groups is 1. The Bertz CT molecular complexity index is 1090. The van der Waals surface area contributed by atoms with Crippen LogP contribution in [0.1, 0.15) is 22.8 Å². The van der Waals surface area contributed by atoms with Crippen molar-refractivity contribution in [2.45, 2.75) is 18.4 Å². The number of carbonyl (C=O) groups excluding carboxylic acids is 2. The van der Waals surface area contributed by atoms with Gasteiger partial charge in [-0.1, -0.05) is 12.1 Å². The molecule has 0 N–H and O–H groups in total. The number of nitro benzene ring substituents is 1. The number of likely N-dealkylation sites (N-methyl/N-ethyl adjacent to an activating group) is 1. The van der Waals surface area contributed by atoms with Crippen LogP contribution in [0.3, 0.4) is 0 Å². The Morgan fingerprint density at radius 3 is 2.47 bits per heavy atom. The predicted octanol–water partition coefficient (Wildman–Crippen LogP) is 2.34. The van der Waals surface area contributed by atoms with Gasteiger partial charge >= 0.3 is 5.97 Å². The Balaban J connectivity index is 2.09. The van der Waals surface area contributed by atoms with Crippen LogP contribution < -0.4 is 0 Å². The first-order valence-corrected chi connectivity index (χ1v) is 10.6. The quantitative estimate of drug-likeness (QED) is 0.352. The zero-order valence-electron chi connectivity index (χ0n) is 16.2. The van der Waals surface area contributed by atoms with Crippen LogP contribution in [0.5, 0.6) is 0 Å². The number of nitrogens with zero attached hydrogens (tertiary/aromatic N) is 2. The maximum Gasteiger partial charge on any atom is 0.338 e. The molecule has 0 aromatic heterocycles. The molecule has 0 fully saturated rings. The highest BCUT2D eigenvalue weighted by atomic mass is 32.2. The van der Waals surface area contributed by atoms with Gasteiger partial charge in [-0.15, -0.1) is 0 Å². The number of amides is 1. The minimum Gasteiger partial charge on any atom is -0.452 e. The normalized spacial score (nSPS) is 11.0. The minimum atomic E-state index is -3.88. The van der Waals surface area contributed by atoms with Crippen LogP contribution >= 0.6 is 0 Å². The van der Waals surface area contributed by atoms with Gasteiger partial charge in [0.25, 0.3) is 11.6 Å². The number of ether oxygens (including phenoxy) is 1. The van der Waals surface area contributed by atoms with E-state index in [4.69, 9.17) is 4.74 Å². The zero-order chi connectivity index (χ0) is 22.5. The van der Waals surface area contributed by atoms with Crippen LogP contribution in [0, 0.1) is 15.9 Å². The van der Waals surface area contributed by atoms with Crippen molar-refractivity contribution in [2.24, 2.45) is 0 Å². The number of carbonyl (C=O) groups is 2. The average Bonchev–Trinajstić information content (AvgIpc) is 2.68. The van der Waals surface area contributed by atoms with Gasteiger partial charge in [0, 0.05) is 25.4 Å². The molecule has 30 heavy (non-hydrogen) atoms. The Morgan fingerprint density at radius 2 is 1.90 bits per heavy atom. The number of esters is 1. The van der Waals surface area contributed by atoms with Gasteiger partial charge in [0.1, 0.15) is 10.7 Å². The van der Waals surface area contributed by atoms with Crippen LogP contribution in [-0.4, -0.2) is 49.5 Å². The van der Waals surface area contributed by atoms with E-state index in [1.54, 1.807) is 13.0 Å². The zero-order valence-corrected chi connectivity index (χ0v) is 17.0. The third kappa shape index (κ3) is 5.83. The standard InChI is InChI=1S/C19H19FN2O7S/c1-3-21(11-13-5-4-6-15(20)9-13)18(23)12-29-19(24)14-7-8-17(30(2,27)28)16(10-14)22(25)26/h4-10H,3,11-12H2,1-2H3. The molecule has 2 rings (SSSR count). The first-order chi connectivity index (χ1) is 14.0. The van der Waals surface area contributed by atoms with Crippen LogP contribution in [0.15, 0.2) is 47.4 Å². The SMILES string of the molecule is CCN(Cc1cccc(F)c1)C(=O)COC(=O)c1ccc(S(C)(=O)=O)c([N+](=O)[O-])c1. The summed E-state index contributed by atoms with van der Waals surface area (Å²) in [6.45, 7) is 1.45. The molecule has 0 saturated heterocycles. The molecule has 0 atom stereocenters. The van der Waals surface area contributed by atoms with Gasteiger partial charge in [-0.25, -0.2) is 17.6 Å². The second-order valence-corrected chi connectivity index (χ2v) is 8.31. The summed E-state index contributed by atoms with van der Waals surface area (Å²) in [4.78, 5) is 35.5. The van der Waals surface area contributed by atoms with Crippen LogP contribution in [0.4, 0.5) is 10.1 Å². The van der Waals surface area contributed by atoms with Crippen molar-refractivity contribution in [3.05, 3.63) is 69.5 Å². The molecule has 9 nitrogen and oxygen atoms in total. The smallest absolute Gasteiger partial charge is 0.338 e. The summed E-state index contributed by atoms with van der Waals surface area (Å²) in [6, 6.07) is 8.51. The number of benzene rings is 2. The van der Waals surface area contributed by atoms with Gasteiger partial charge in [0.05, 0.1) is 10.5 Å². The van der Waals surface area contributed by atoms with Crippen molar-refractivity contribution < 1.29 is 32.1 Å². The molecule has 2 aromatic carbocycles. The Labute approximate surface area is 172 Å². The summed E-state index contributed by atoms with van der Waals surface area (Å²) >= 11 is 0. The van der Waals surface area contributed by atoms with Crippen molar-refractivity contribution >= 4 is 27.4 Å². The second kappa shape index (κ2) is 9.44. The molecule has 0 bridgehead atoms. The van der Waals surface area contributed by atoms with Gasteiger partial charge in [0.15, 0.2) is 16.4 Å². The van der Waals surface area contributed by atoms with E-state index in [-0.39, 0.29) is 18.7 Å². The summed E-state index contributed by atoms with van der Waals surface area (Å²) in [6.07, 6.45) is 0.809. The molecule has 2 aromatic rings. The second-order valence-electron chi connectivity index (χ2n) is 6.33. The summed E-state index contributed by atoms with van der Waals surface area (Å²) < 4.78 is 41.5. The Morgan fingerprint density at radius 1 is 1.20 bits per heavy atom. The van der Waals surface area contributed by atoms with E-state index in [1.165, 1.54) is 23.1 Å². The molecule has 11 heteroatoms. The number of rotatable bonds is 8. The van der Waals surface area contributed by atoms with Crippen LogP contribution in [0.25, 0.3) is 0 Å². The van der Waals surface area contributed by atoms with E-state index in [2.05, 4.69) is 0 Å². The molecular weight excluding hydrogens is 419 g/mol. The number of sulfone groups is 1. The van der Waals surface area contributed by atoms with Gasteiger partial charge < -0.3 is 9.64 Å². The lowest BCUT2D eigenvalue weighted by atomic mass is 10.2. The summed E-state index contributed by atoms with van der Waals surface area (Å²) in [5.41, 5.74) is -0.474.